The highest BCUT2D eigenvalue weighted by molar-refractivity contribution is 5.78. The Labute approximate surface area is 109 Å². The maximum Gasteiger partial charge on any atom is 0.416 e. The van der Waals surface area contributed by atoms with Gasteiger partial charge in [0.2, 0.25) is 5.91 Å². The van der Waals surface area contributed by atoms with Crippen LogP contribution < -0.4 is 5.32 Å². The molecule has 6 heteroatoms. The summed E-state index contributed by atoms with van der Waals surface area (Å²) in [5, 5.41) is 11.7. The number of aliphatic hydroxyl groups excluding tert-OH is 1. The lowest BCUT2D eigenvalue weighted by Crippen LogP contribution is -2.32. The van der Waals surface area contributed by atoms with Crippen molar-refractivity contribution in [3.63, 3.8) is 0 Å². The molecule has 1 amide bonds. The Morgan fingerprint density at radius 1 is 1.42 bits per heavy atom. The molecule has 1 aromatic rings. The highest BCUT2D eigenvalue weighted by Crippen LogP contribution is 2.29. The van der Waals surface area contributed by atoms with Crippen molar-refractivity contribution in [3.05, 3.63) is 35.4 Å². The number of carbonyl (C=O) groups excluding carboxylic acids is 1. The maximum absolute atomic E-state index is 12.5. The average molecular weight is 275 g/mol. The van der Waals surface area contributed by atoms with E-state index in [9.17, 15) is 23.1 Å². The van der Waals surface area contributed by atoms with Crippen molar-refractivity contribution in [1.29, 1.82) is 0 Å². The van der Waals surface area contributed by atoms with Crippen LogP contribution in [0.4, 0.5) is 13.2 Å². The van der Waals surface area contributed by atoms with Crippen LogP contribution >= 0.6 is 0 Å². The summed E-state index contributed by atoms with van der Waals surface area (Å²) in [6.45, 7) is 1.87. The number of halogens is 3. The van der Waals surface area contributed by atoms with Gasteiger partial charge in [-0.05, 0) is 18.1 Å². The molecule has 0 fully saturated rings. The Kier molecular flexibility index (Phi) is 5.35. The molecule has 0 aliphatic carbocycles. The largest absolute Gasteiger partial charge is 0.416 e. The van der Waals surface area contributed by atoms with E-state index in [0.29, 0.717) is 12.0 Å². The molecule has 0 saturated carbocycles. The predicted molar refractivity (Wildman–Crippen MR) is 64.5 cm³/mol. The molecule has 3 nitrogen and oxygen atoms in total. The van der Waals surface area contributed by atoms with Crippen LogP contribution in [0, 0.1) is 0 Å². The van der Waals surface area contributed by atoms with E-state index in [1.807, 2.05) is 0 Å². The second-order valence-corrected chi connectivity index (χ2v) is 4.24. The van der Waals surface area contributed by atoms with E-state index < -0.39 is 23.8 Å². The third kappa shape index (κ3) is 5.30. The van der Waals surface area contributed by atoms with Gasteiger partial charge in [0.1, 0.15) is 0 Å². The van der Waals surface area contributed by atoms with E-state index in [1.165, 1.54) is 12.1 Å². The first-order chi connectivity index (χ1) is 8.82. The van der Waals surface area contributed by atoms with Crippen LogP contribution in [0.15, 0.2) is 24.3 Å². The predicted octanol–water partition coefficient (Wildman–Crippen LogP) is 2.13. The molecule has 106 valence electrons. The lowest BCUT2D eigenvalue weighted by Gasteiger charge is -2.11. The van der Waals surface area contributed by atoms with Crippen molar-refractivity contribution < 1.29 is 23.1 Å². The zero-order valence-electron chi connectivity index (χ0n) is 10.5. The van der Waals surface area contributed by atoms with Crippen LogP contribution in [0.5, 0.6) is 0 Å². The third-order valence-electron chi connectivity index (χ3n) is 2.63. The molecule has 0 aromatic heterocycles. The zero-order valence-corrected chi connectivity index (χ0v) is 10.5. The minimum Gasteiger partial charge on any atom is -0.391 e. The minimum atomic E-state index is -4.41. The highest BCUT2D eigenvalue weighted by Gasteiger charge is 2.30. The Morgan fingerprint density at radius 3 is 2.68 bits per heavy atom. The summed E-state index contributed by atoms with van der Waals surface area (Å²) < 4.78 is 37.4. The van der Waals surface area contributed by atoms with Crippen LogP contribution in [0.3, 0.4) is 0 Å². The summed E-state index contributed by atoms with van der Waals surface area (Å²) >= 11 is 0. The van der Waals surface area contributed by atoms with Gasteiger partial charge in [0, 0.05) is 6.54 Å². The van der Waals surface area contributed by atoms with Gasteiger partial charge in [-0.25, -0.2) is 0 Å². The van der Waals surface area contributed by atoms with Gasteiger partial charge in [-0.3, -0.25) is 4.79 Å². The summed E-state index contributed by atoms with van der Waals surface area (Å²) in [6, 6.07) is 4.65. The molecule has 1 unspecified atom stereocenters. The quantitative estimate of drug-likeness (QED) is 0.865. The van der Waals surface area contributed by atoms with Crippen molar-refractivity contribution >= 4 is 5.91 Å². The van der Waals surface area contributed by atoms with Gasteiger partial charge in [0.25, 0.3) is 0 Å². The van der Waals surface area contributed by atoms with Crippen molar-refractivity contribution in [2.45, 2.75) is 32.0 Å². The van der Waals surface area contributed by atoms with Gasteiger partial charge in [-0.1, -0.05) is 25.1 Å². The van der Waals surface area contributed by atoms with Crippen LogP contribution in [0.1, 0.15) is 24.5 Å². The second kappa shape index (κ2) is 6.56. The summed E-state index contributed by atoms with van der Waals surface area (Å²) in [5.74, 6) is -0.410. The van der Waals surface area contributed by atoms with Gasteiger partial charge < -0.3 is 10.4 Å². The number of rotatable bonds is 5. The molecule has 0 saturated heterocycles. The smallest absolute Gasteiger partial charge is 0.391 e. The number of alkyl halides is 3. The molecule has 1 aromatic carbocycles. The van der Waals surface area contributed by atoms with Crippen LogP contribution in [0.25, 0.3) is 0 Å². The molecule has 1 rings (SSSR count). The fourth-order valence-electron chi connectivity index (χ4n) is 1.48. The van der Waals surface area contributed by atoms with E-state index in [4.69, 9.17) is 0 Å². The van der Waals surface area contributed by atoms with E-state index in [-0.39, 0.29) is 13.0 Å². The van der Waals surface area contributed by atoms with Crippen molar-refractivity contribution in [2.75, 3.05) is 6.54 Å². The van der Waals surface area contributed by atoms with E-state index in [2.05, 4.69) is 5.32 Å². The number of hydrogen-bond donors (Lipinski definition) is 2. The molecule has 19 heavy (non-hydrogen) atoms. The van der Waals surface area contributed by atoms with Crippen LogP contribution in [0.2, 0.25) is 0 Å². The fraction of sp³-hybridized carbons (Fsp3) is 0.462. The monoisotopic (exact) mass is 275 g/mol. The first kappa shape index (κ1) is 15.5. The molecule has 0 radical (unpaired) electrons. The first-order valence-corrected chi connectivity index (χ1v) is 5.93. The van der Waals surface area contributed by atoms with Gasteiger partial charge >= 0.3 is 6.18 Å². The molecule has 0 heterocycles. The maximum atomic E-state index is 12.5. The molecule has 0 bridgehead atoms. The van der Waals surface area contributed by atoms with Crippen LogP contribution in [-0.4, -0.2) is 23.7 Å². The molecule has 0 aliphatic heterocycles. The van der Waals surface area contributed by atoms with Gasteiger partial charge in [0.05, 0.1) is 18.1 Å². The third-order valence-corrected chi connectivity index (χ3v) is 2.63. The number of benzene rings is 1. The first-order valence-electron chi connectivity index (χ1n) is 5.93. The molecule has 0 spiro atoms. The Balaban J connectivity index is 2.60. The fourth-order valence-corrected chi connectivity index (χ4v) is 1.48. The summed E-state index contributed by atoms with van der Waals surface area (Å²) in [4.78, 5) is 11.5. The van der Waals surface area contributed by atoms with E-state index >= 15 is 0 Å². The van der Waals surface area contributed by atoms with Crippen molar-refractivity contribution in [2.24, 2.45) is 0 Å². The molecule has 0 aliphatic rings. The number of amides is 1. The van der Waals surface area contributed by atoms with E-state index in [1.54, 1.807) is 6.92 Å². The summed E-state index contributed by atoms with van der Waals surface area (Å²) in [5.41, 5.74) is -0.482. The Bertz CT molecular complexity index is 432. The Morgan fingerprint density at radius 2 is 2.11 bits per heavy atom. The normalized spacial score (nSPS) is 13.1. The zero-order chi connectivity index (χ0) is 14.5. The Hall–Kier alpha value is -1.56. The molecular weight excluding hydrogens is 259 g/mol. The molecule has 1 atom stereocenters. The number of hydrogen-bond acceptors (Lipinski definition) is 2. The van der Waals surface area contributed by atoms with Gasteiger partial charge in [-0.15, -0.1) is 0 Å². The van der Waals surface area contributed by atoms with Gasteiger partial charge in [0.15, 0.2) is 0 Å². The molecule has 2 N–H and O–H groups in total. The van der Waals surface area contributed by atoms with Crippen molar-refractivity contribution in [3.8, 4) is 0 Å². The number of carbonyl (C=O) groups is 1. The van der Waals surface area contributed by atoms with E-state index in [0.717, 1.165) is 12.1 Å². The van der Waals surface area contributed by atoms with Crippen molar-refractivity contribution in [1.82, 2.24) is 5.32 Å². The number of nitrogens with one attached hydrogen (secondary N) is 1. The highest BCUT2D eigenvalue weighted by atomic mass is 19.4. The lowest BCUT2D eigenvalue weighted by molar-refractivity contribution is -0.137. The lowest BCUT2D eigenvalue weighted by atomic mass is 10.1. The van der Waals surface area contributed by atoms with Crippen LogP contribution in [-0.2, 0) is 17.4 Å². The topological polar surface area (TPSA) is 49.3 Å². The summed E-state index contributed by atoms with van der Waals surface area (Å²) in [7, 11) is 0. The summed E-state index contributed by atoms with van der Waals surface area (Å²) in [6.07, 6.45) is -4.68. The second-order valence-electron chi connectivity index (χ2n) is 4.24. The minimum absolute atomic E-state index is 0.105. The number of aliphatic hydroxyl groups is 1. The SMILES string of the molecule is CCC(O)CNC(=O)Cc1cccc(C(F)(F)F)c1. The standard InChI is InChI=1S/C13H16F3NO2/c1-2-11(18)8-17-12(19)7-9-4-3-5-10(6-9)13(14,15)16/h3-6,11,18H,2,7-8H2,1H3,(H,17,19). The van der Waals surface area contributed by atoms with Gasteiger partial charge in [-0.2, -0.15) is 13.2 Å². The molecular formula is C13H16F3NO2. The average Bonchev–Trinajstić information content (AvgIpc) is 2.35.